The van der Waals surface area contributed by atoms with Gasteiger partial charge in [0.25, 0.3) is 5.56 Å². The van der Waals surface area contributed by atoms with Crippen LogP contribution in [0.4, 0.5) is 5.95 Å². The zero-order chi connectivity index (χ0) is 17.5. The lowest BCUT2D eigenvalue weighted by molar-refractivity contribution is 0.366. The molecule has 24 heavy (non-hydrogen) atoms. The predicted molar refractivity (Wildman–Crippen MR) is 96.4 cm³/mol. The highest BCUT2D eigenvalue weighted by Crippen LogP contribution is 2.20. The molecule has 126 valence electrons. The molecule has 0 saturated carbocycles. The number of nitrogens with zero attached hydrogens (tertiary/aromatic N) is 4. The maximum Gasteiger partial charge on any atom is 0.263 e. The average Bonchev–Trinajstić information content (AvgIpc) is 2.94. The summed E-state index contributed by atoms with van der Waals surface area (Å²) in [5.41, 5.74) is 2.59. The molecule has 0 spiro atoms. The predicted octanol–water partition coefficient (Wildman–Crippen LogP) is 2.82. The van der Waals surface area contributed by atoms with Crippen molar-refractivity contribution in [1.82, 2.24) is 19.7 Å². The van der Waals surface area contributed by atoms with Crippen molar-refractivity contribution in [3.8, 4) is 0 Å². The molecule has 0 amide bonds. The van der Waals surface area contributed by atoms with Crippen LogP contribution in [0, 0.1) is 6.92 Å². The van der Waals surface area contributed by atoms with E-state index in [1.807, 2.05) is 32.7 Å². The van der Waals surface area contributed by atoms with Gasteiger partial charge in [0.15, 0.2) is 5.65 Å². The molecule has 0 fully saturated rings. The molecule has 1 aromatic carbocycles. The fourth-order valence-corrected chi connectivity index (χ4v) is 2.62. The van der Waals surface area contributed by atoms with Crippen molar-refractivity contribution in [2.75, 3.05) is 11.9 Å². The number of nitrogens with one attached hydrogen (secondary N) is 1. The van der Waals surface area contributed by atoms with Crippen LogP contribution in [0.2, 0.25) is 0 Å². The van der Waals surface area contributed by atoms with E-state index in [9.17, 15) is 4.79 Å². The monoisotopic (exact) mass is 325 g/mol. The summed E-state index contributed by atoms with van der Waals surface area (Å²) in [4.78, 5) is 21.8. The van der Waals surface area contributed by atoms with Crippen molar-refractivity contribution in [2.45, 2.75) is 39.8 Å². The molecule has 0 aliphatic rings. The van der Waals surface area contributed by atoms with E-state index in [2.05, 4.69) is 46.3 Å². The average molecular weight is 325 g/mol. The number of aromatic amines is 1. The Labute approximate surface area is 141 Å². The third kappa shape index (κ3) is 3.04. The first-order valence-electron chi connectivity index (χ1n) is 8.01. The smallest absolute Gasteiger partial charge is 0.263 e. The first kappa shape index (κ1) is 16.2. The van der Waals surface area contributed by atoms with E-state index < -0.39 is 0 Å². The van der Waals surface area contributed by atoms with Gasteiger partial charge < -0.3 is 4.90 Å². The number of benzene rings is 1. The molecule has 0 aliphatic heterocycles. The number of H-pyrrole nitrogens is 1. The van der Waals surface area contributed by atoms with Gasteiger partial charge >= 0.3 is 0 Å². The molecule has 0 atom stereocenters. The number of aromatic nitrogens is 4. The number of hydrogen-bond donors (Lipinski definition) is 1. The number of anilines is 1. The molecule has 3 rings (SSSR count). The molecule has 1 N–H and O–H groups in total. The van der Waals surface area contributed by atoms with Crippen LogP contribution in [0.1, 0.15) is 31.9 Å². The van der Waals surface area contributed by atoms with Gasteiger partial charge in [-0.25, -0.2) is 4.68 Å². The van der Waals surface area contributed by atoms with Crippen LogP contribution < -0.4 is 10.5 Å². The minimum atomic E-state index is -0.241. The summed E-state index contributed by atoms with van der Waals surface area (Å²) in [6.07, 6.45) is 1.58. The molecule has 0 bridgehead atoms. The van der Waals surface area contributed by atoms with Crippen molar-refractivity contribution in [3.63, 3.8) is 0 Å². The maximum atomic E-state index is 12.4. The van der Waals surface area contributed by atoms with Gasteiger partial charge in [0.05, 0.1) is 11.7 Å². The van der Waals surface area contributed by atoms with Crippen LogP contribution in [-0.2, 0) is 12.1 Å². The molecule has 6 heteroatoms. The SMILES string of the molecule is Cc1ccc(CN(C)c2nc3c(cnn3C(C)(C)C)c(=O)[nH]2)cc1. The van der Waals surface area contributed by atoms with Crippen LogP contribution in [0.3, 0.4) is 0 Å². The number of hydrogen-bond acceptors (Lipinski definition) is 4. The molecular weight excluding hydrogens is 302 g/mol. The Morgan fingerprint density at radius 3 is 2.50 bits per heavy atom. The summed E-state index contributed by atoms with van der Waals surface area (Å²) in [6, 6.07) is 8.33. The van der Waals surface area contributed by atoms with Crippen LogP contribution in [0.25, 0.3) is 11.0 Å². The van der Waals surface area contributed by atoms with Gasteiger partial charge in [0.1, 0.15) is 5.39 Å². The largest absolute Gasteiger partial charge is 0.341 e. The standard InChI is InChI=1S/C18H23N5O/c1-12-6-8-13(9-7-12)11-22(5)17-20-15-14(16(24)21-17)10-19-23(15)18(2,3)4/h6-10H,11H2,1-5H3,(H,20,21,24). The van der Waals surface area contributed by atoms with Crippen LogP contribution in [-0.4, -0.2) is 26.8 Å². The van der Waals surface area contributed by atoms with Crippen molar-refractivity contribution >= 4 is 17.0 Å². The molecule has 0 saturated heterocycles. The summed E-state index contributed by atoms with van der Waals surface area (Å²) in [6.45, 7) is 8.85. The molecule has 0 aliphatic carbocycles. The lowest BCUT2D eigenvalue weighted by Crippen LogP contribution is -2.26. The van der Waals surface area contributed by atoms with Gasteiger partial charge in [0, 0.05) is 13.6 Å². The van der Waals surface area contributed by atoms with Crippen LogP contribution in [0.15, 0.2) is 35.3 Å². The van der Waals surface area contributed by atoms with Crippen molar-refractivity contribution in [2.24, 2.45) is 0 Å². The quantitative estimate of drug-likeness (QED) is 0.804. The number of rotatable bonds is 3. The summed E-state index contributed by atoms with van der Waals surface area (Å²) < 4.78 is 1.79. The van der Waals surface area contributed by atoms with Gasteiger partial charge in [-0.3, -0.25) is 9.78 Å². The second-order valence-corrected chi connectivity index (χ2v) is 7.20. The Morgan fingerprint density at radius 2 is 1.88 bits per heavy atom. The Kier molecular flexibility index (Phi) is 3.91. The Balaban J connectivity index is 1.99. The van der Waals surface area contributed by atoms with E-state index in [4.69, 9.17) is 0 Å². The molecular formula is C18H23N5O. The fraction of sp³-hybridized carbons (Fsp3) is 0.389. The summed E-state index contributed by atoms with van der Waals surface area (Å²) >= 11 is 0. The second kappa shape index (κ2) is 5.78. The van der Waals surface area contributed by atoms with Gasteiger partial charge in [0.2, 0.25) is 5.95 Å². The van der Waals surface area contributed by atoms with Gasteiger partial charge in [-0.15, -0.1) is 0 Å². The number of aryl methyl sites for hydroxylation is 1. The van der Waals surface area contributed by atoms with E-state index in [0.717, 1.165) is 5.56 Å². The molecule has 0 unspecified atom stereocenters. The normalized spacial score (nSPS) is 11.9. The first-order chi connectivity index (χ1) is 11.3. The van der Waals surface area contributed by atoms with Crippen molar-refractivity contribution < 1.29 is 0 Å². The molecule has 3 aromatic rings. The molecule has 6 nitrogen and oxygen atoms in total. The minimum Gasteiger partial charge on any atom is -0.341 e. The maximum absolute atomic E-state index is 12.4. The van der Waals surface area contributed by atoms with Crippen LogP contribution >= 0.6 is 0 Å². The topological polar surface area (TPSA) is 66.8 Å². The Hall–Kier alpha value is -2.63. The summed E-state index contributed by atoms with van der Waals surface area (Å²) in [7, 11) is 1.92. The van der Waals surface area contributed by atoms with E-state index >= 15 is 0 Å². The van der Waals surface area contributed by atoms with Crippen LogP contribution in [0.5, 0.6) is 0 Å². The van der Waals surface area contributed by atoms with Crippen molar-refractivity contribution in [1.29, 1.82) is 0 Å². The second-order valence-electron chi connectivity index (χ2n) is 7.20. The highest BCUT2D eigenvalue weighted by Gasteiger charge is 2.20. The Morgan fingerprint density at radius 1 is 1.21 bits per heavy atom. The zero-order valence-corrected chi connectivity index (χ0v) is 14.8. The van der Waals surface area contributed by atoms with E-state index in [1.165, 1.54) is 5.56 Å². The van der Waals surface area contributed by atoms with Gasteiger partial charge in [-0.05, 0) is 33.3 Å². The summed E-state index contributed by atoms with van der Waals surface area (Å²) in [5.74, 6) is 0.541. The number of fused-ring (bicyclic) bond motifs is 1. The minimum absolute atomic E-state index is 0.166. The first-order valence-corrected chi connectivity index (χ1v) is 8.01. The summed E-state index contributed by atoms with van der Waals surface area (Å²) in [5, 5.41) is 4.85. The van der Waals surface area contributed by atoms with E-state index in [1.54, 1.807) is 10.9 Å². The van der Waals surface area contributed by atoms with Gasteiger partial charge in [-0.2, -0.15) is 10.1 Å². The molecule has 2 aromatic heterocycles. The third-order valence-corrected chi connectivity index (χ3v) is 3.96. The van der Waals surface area contributed by atoms with E-state index in [0.29, 0.717) is 23.5 Å². The Bertz CT molecular complexity index is 915. The van der Waals surface area contributed by atoms with E-state index in [-0.39, 0.29) is 11.1 Å². The van der Waals surface area contributed by atoms with Gasteiger partial charge in [-0.1, -0.05) is 29.8 Å². The lowest BCUT2D eigenvalue weighted by atomic mass is 10.1. The molecule has 0 radical (unpaired) electrons. The zero-order valence-electron chi connectivity index (χ0n) is 14.8. The lowest BCUT2D eigenvalue weighted by Gasteiger charge is -2.21. The third-order valence-electron chi connectivity index (χ3n) is 3.96. The van der Waals surface area contributed by atoms with Crippen molar-refractivity contribution in [3.05, 3.63) is 51.9 Å². The molecule has 2 heterocycles. The fourth-order valence-electron chi connectivity index (χ4n) is 2.62. The highest BCUT2D eigenvalue weighted by molar-refractivity contribution is 5.74. The highest BCUT2D eigenvalue weighted by atomic mass is 16.1.